The molecule has 3 rings (SSSR count). The molecule has 1 heterocycles. The number of carboxylic acid groups (broad SMARTS) is 1. The van der Waals surface area contributed by atoms with Crippen LogP contribution in [0.3, 0.4) is 0 Å². The maximum absolute atomic E-state index is 12.8. The summed E-state index contributed by atoms with van der Waals surface area (Å²) < 4.78 is 5.87. The lowest BCUT2D eigenvalue weighted by molar-refractivity contribution is 0.0699. The smallest absolute Gasteiger partial charge is 0.339 e. The van der Waals surface area contributed by atoms with Gasteiger partial charge in [0.1, 0.15) is 15.6 Å². The van der Waals surface area contributed by atoms with E-state index in [0.717, 1.165) is 15.8 Å². The average Bonchev–Trinajstić information content (AvgIpc) is 3.09. The zero-order valence-corrected chi connectivity index (χ0v) is 19.2. The van der Waals surface area contributed by atoms with Crippen LogP contribution < -0.4 is 10.1 Å². The van der Waals surface area contributed by atoms with Crippen LogP contribution in [0.15, 0.2) is 40.2 Å². The number of anilines is 1. The van der Waals surface area contributed by atoms with Crippen molar-refractivity contribution in [3.63, 3.8) is 0 Å². The molecule has 0 saturated carbocycles. The van der Waals surface area contributed by atoms with Crippen molar-refractivity contribution < 1.29 is 19.4 Å². The molecule has 0 aliphatic rings. The van der Waals surface area contributed by atoms with E-state index < -0.39 is 11.9 Å². The molecule has 2 N–H and O–H groups in total. The minimum absolute atomic E-state index is 0.00351. The molecule has 0 radical (unpaired) electrons. The van der Waals surface area contributed by atoms with E-state index in [0.29, 0.717) is 11.1 Å². The van der Waals surface area contributed by atoms with Gasteiger partial charge in [-0.1, -0.05) is 62.9 Å². The van der Waals surface area contributed by atoms with Crippen LogP contribution in [0.25, 0.3) is 11.1 Å². The van der Waals surface area contributed by atoms with Crippen LogP contribution in [-0.4, -0.2) is 24.1 Å². The predicted molar refractivity (Wildman–Crippen MR) is 120 cm³/mol. The number of hydrogen-bond acceptors (Lipinski definition) is 4. The van der Waals surface area contributed by atoms with E-state index in [2.05, 4.69) is 21.2 Å². The highest BCUT2D eigenvalue weighted by Gasteiger charge is 2.24. The summed E-state index contributed by atoms with van der Waals surface area (Å²) in [6.07, 6.45) is 0. The van der Waals surface area contributed by atoms with Crippen molar-refractivity contribution in [3.05, 3.63) is 66.4 Å². The molecule has 3 aromatic rings. The Hall–Kier alpha value is -1.77. The fraction of sp³-hybridized carbons (Fsp3) is 0.0526. The number of carbonyl (C=O) groups excluding carboxylic acids is 1. The minimum Gasteiger partial charge on any atom is -0.494 e. The number of aromatic carboxylic acids is 1. The van der Waals surface area contributed by atoms with Crippen LogP contribution in [0.1, 0.15) is 20.7 Å². The number of methoxy groups -OCH3 is 1. The zero-order chi connectivity index (χ0) is 21.3. The highest BCUT2D eigenvalue weighted by Crippen LogP contribution is 2.41. The van der Waals surface area contributed by atoms with E-state index in [1.165, 1.54) is 13.2 Å². The first kappa shape index (κ1) is 21.9. The normalized spacial score (nSPS) is 10.7. The largest absolute Gasteiger partial charge is 0.494 e. The van der Waals surface area contributed by atoms with Gasteiger partial charge in [-0.3, -0.25) is 4.79 Å². The lowest BCUT2D eigenvalue weighted by atomic mass is 10.0. The molecule has 1 aromatic heterocycles. The van der Waals surface area contributed by atoms with Gasteiger partial charge in [0.25, 0.3) is 5.91 Å². The summed E-state index contributed by atoms with van der Waals surface area (Å²) >= 11 is 22.8. The Kier molecular flexibility index (Phi) is 6.76. The topological polar surface area (TPSA) is 75.6 Å². The molecule has 150 valence electrons. The highest BCUT2D eigenvalue weighted by atomic mass is 79.9. The van der Waals surface area contributed by atoms with Crippen LogP contribution >= 0.6 is 62.1 Å². The summed E-state index contributed by atoms with van der Waals surface area (Å²) in [4.78, 5) is 24.7. The monoisotopic (exact) mass is 533 g/mol. The Labute approximate surface area is 193 Å². The van der Waals surface area contributed by atoms with Gasteiger partial charge in [-0.25, -0.2) is 4.79 Å². The standard InChI is InChI=1S/C19H11BrCl3NO4S/c1-28-16-12(21)6-10(14(22)15(16)23)17(25)24-18-13(19(26)27)11(7-29-18)8-3-2-4-9(20)5-8/h2-7H,1H3,(H,24,25)(H,26,27). The Morgan fingerprint density at radius 3 is 2.52 bits per heavy atom. The molecule has 1 amide bonds. The molecule has 0 saturated heterocycles. The van der Waals surface area contributed by atoms with Gasteiger partial charge in [0.15, 0.2) is 5.75 Å². The molecule has 0 fully saturated rings. The number of amides is 1. The zero-order valence-electron chi connectivity index (χ0n) is 14.6. The van der Waals surface area contributed by atoms with E-state index in [4.69, 9.17) is 39.5 Å². The first-order valence-corrected chi connectivity index (χ1v) is 10.7. The second-order valence-corrected chi connectivity index (χ2v) is 8.65. The van der Waals surface area contributed by atoms with Gasteiger partial charge in [0, 0.05) is 15.4 Å². The summed E-state index contributed by atoms with van der Waals surface area (Å²) in [6.45, 7) is 0. The lowest BCUT2D eigenvalue weighted by Crippen LogP contribution is -2.14. The Morgan fingerprint density at radius 1 is 1.17 bits per heavy atom. The molecule has 2 aromatic carbocycles. The maximum Gasteiger partial charge on any atom is 0.339 e. The molecule has 10 heteroatoms. The van der Waals surface area contributed by atoms with Crippen LogP contribution in [-0.2, 0) is 0 Å². The SMILES string of the molecule is COc1c(Cl)cc(C(=O)Nc2scc(-c3cccc(Br)c3)c2C(=O)O)c(Cl)c1Cl. The number of benzene rings is 2. The quantitative estimate of drug-likeness (QED) is 0.342. The van der Waals surface area contributed by atoms with Crippen LogP contribution in [0.4, 0.5) is 5.00 Å². The molecule has 0 aliphatic carbocycles. The molecule has 0 bridgehead atoms. The summed E-state index contributed by atoms with van der Waals surface area (Å²) in [5, 5.41) is 14.2. The van der Waals surface area contributed by atoms with Crippen molar-refractivity contribution in [1.82, 2.24) is 0 Å². The number of hydrogen-bond donors (Lipinski definition) is 2. The van der Waals surface area contributed by atoms with Crippen LogP contribution in [0.2, 0.25) is 15.1 Å². The second kappa shape index (κ2) is 8.93. The lowest BCUT2D eigenvalue weighted by Gasteiger charge is -2.12. The van der Waals surface area contributed by atoms with Gasteiger partial charge in [-0.2, -0.15) is 0 Å². The molecular formula is C19H11BrCl3NO4S. The fourth-order valence-corrected chi connectivity index (χ4v) is 4.82. The van der Waals surface area contributed by atoms with E-state index in [1.54, 1.807) is 23.6 Å². The van der Waals surface area contributed by atoms with E-state index in [1.807, 2.05) is 6.07 Å². The minimum atomic E-state index is -1.17. The third-order valence-corrected chi connectivity index (χ3v) is 6.45. The molecule has 0 aliphatic heterocycles. The summed E-state index contributed by atoms with van der Waals surface area (Å²) in [6, 6.07) is 8.51. The van der Waals surface area contributed by atoms with Crippen molar-refractivity contribution >= 4 is 78.9 Å². The van der Waals surface area contributed by atoms with Crippen molar-refractivity contribution in [2.75, 3.05) is 12.4 Å². The Morgan fingerprint density at radius 2 is 1.90 bits per heavy atom. The molecule has 5 nitrogen and oxygen atoms in total. The molecule has 29 heavy (non-hydrogen) atoms. The van der Waals surface area contributed by atoms with E-state index in [9.17, 15) is 14.7 Å². The third kappa shape index (κ3) is 4.39. The summed E-state index contributed by atoms with van der Waals surface area (Å²) in [5.74, 6) is -1.67. The van der Waals surface area contributed by atoms with Gasteiger partial charge in [-0.05, 0) is 23.8 Å². The second-order valence-electron chi connectivity index (χ2n) is 5.69. The molecular weight excluding hydrogens is 525 g/mol. The van der Waals surface area contributed by atoms with Crippen molar-refractivity contribution in [2.45, 2.75) is 0 Å². The number of carboxylic acids is 1. The number of nitrogens with one attached hydrogen (secondary N) is 1. The van der Waals surface area contributed by atoms with E-state index >= 15 is 0 Å². The Balaban J connectivity index is 2.01. The number of carbonyl (C=O) groups is 2. The van der Waals surface area contributed by atoms with Gasteiger partial charge in [-0.15, -0.1) is 11.3 Å². The maximum atomic E-state index is 12.8. The number of rotatable bonds is 5. The fourth-order valence-electron chi connectivity index (χ4n) is 2.63. The van der Waals surface area contributed by atoms with Gasteiger partial charge in [0.05, 0.1) is 22.7 Å². The van der Waals surface area contributed by atoms with Gasteiger partial charge in [0.2, 0.25) is 0 Å². The van der Waals surface area contributed by atoms with E-state index in [-0.39, 0.29) is 36.9 Å². The first-order chi connectivity index (χ1) is 13.7. The van der Waals surface area contributed by atoms with Gasteiger partial charge >= 0.3 is 5.97 Å². The third-order valence-electron chi connectivity index (χ3n) is 3.93. The highest BCUT2D eigenvalue weighted by molar-refractivity contribution is 9.10. The average molecular weight is 536 g/mol. The number of halogens is 4. The van der Waals surface area contributed by atoms with Gasteiger partial charge < -0.3 is 15.2 Å². The molecule has 0 atom stereocenters. The Bertz CT molecular complexity index is 1130. The van der Waals surface area contributed by atoms with Crippen molar-refractivity contribution in [3.8, 4) is 16.9 Å². The van der Waals surface area contributed by atoms with Crippen molar-refractivity contribution in [1.29, 1.82) is 0 Å². The predicted octanol–water partition coefficient (Wildman–Crippen LogP) is 7.10. The number of thiophene rings is 1. The van der Waals surface area contributed by atoms with Crippen molar-refractivity contribution in [2.24, 2.45) is 0 Å². The van der Waals surface area contributed by atoms with Crippen LogP contribution in [0.5, 0.6) is 5.75 Å². The molecule has 0 unspecified atom stereocenters. The molecule has 0 spiro atoms. The first-order valence-electron chi connectivity index (χ1n) is 7.88. The number of ether oxygens (including phenoxy) is 1. The summed E-state index contributed by atoms with van der Waals surface area (Å²) in [5.41, 5.74) is 1.15. The van der Waals surface area contributed by atoms with Crippen LogP contribution in [0, 0.1) is 0 Å². The summed E-state index contributed by atoms with van der Waals surface area (Å²) in [7, 11) is 1.37.